The van der Waals surface area contributed by atoms with Crippen molar-refractivity contribution in [2.45, 2.75) is 19.0 Å². The average molecular weight is 279 g/mol. The Balaban J connectivity index is 2.35. The van der Waals surface area contributed by atoms with Crippen molar-refractivity contribution in [3.8, 4) is 11.1 Å². The zero-order valence-electron chi connectivity index (χ0n) is 10.5. The summed E-state index contributed by atoms with van der Waals surface area (Å²) in [5.41, 5.74) is 0.523. The summed E-state index contributed by atoms with van der Waals surface area (Å²) in [5.74, 6) is 0. The van der Waals surface area contributed by atoms with Crippen molar-refractivity contribution in [1.29, 1.82) is 0 Å². The molecule has 0 amide bonds. The number of aromatic nitrogens is 1. The van der Waals surface area contributed by atoms with E-state index in [2.05, 4.69) is 4.98 Å². The molecule has 0 fully saturated rings. The molecule has 0 aliphatic heterocycles. The van der Waals surface area contributed by atoms with Gasteiger partial charge >= 0.3 is 6.18 Å². The summed E-state index contributed by atoms with van der Waals surface area (Å²) in [5, 5.41) is 0. The maximum Gasteiger partial charge on any atom is 0.417 e. The summed E-state index contributed by atoms with van der Waals surface area (Å²) < 4.78 is 38.8. The predicted octanol–water partition coefficient (Wildman–Crippen LogP) is 3.90. The molecule has 0 aliphatic carbocycles. The number of carbonyl (C=O) groups is 1. The van der Waals surface area contributed by atoms with E-state index in [1.165, 1.54) is 18.3 Å². The molecular formula is C15H12F3NO. The zero-order valence-corrected chi connectivity index (χ0v) is 10.5. The van der Waals surface area contributed by atoms with E-state index in [9.17, 15) is 18.0 Å². The normalized spacial score (nSPS) is 11.3. The monoisotopic (exact) mass is 279 g/mol. The Hall–Kier alpha value is -2.17. The molecule has 5 heteroatoms. The third-order valence-electron chi connectivity index (χ3n) is 2.89. The minimum absolute atomic E-state index is 0.106. The number of hydrogen-bond donors (Lipinski definition) is 0. The summed E-state index contributed by atoms with van der Waals surface area (Å²) in [6, 6.07) is 8.63. The summed E-state index contributed by atoms with van der Waals surface area (Å²) in [7, 11) is 0. The van der Waals surface area contributed by atoms with Gasteiger partial charge in [0.2, 0.25) is 0 Å². The average Bonchev–Trinajstić information content (AvgIpc) is 2.45. The van der Waals surface area contributed by atoms with Crippen LogP contribution in [0.4, 0.5) is 13.2 Å². The van der Waals surface area contributed by atoms with E-state index in [-0.39, 0.29) is 5.56 Å². The van der Waals surface area contributed by atoms with Gasteiger partial charge in [-0.3, -0.25) is 4.98 Å². The fraction of sp³-hybridized carbons (Fsp3) is 0.200. The van der Waals surface area contributed by atoms with E-state index in [0.29, 0.717) is 24.1 Å². The second-order valence-corrected chi connectivity index (χ2v) is 4.29. The van der Waals surface area contributed by atoms with Crippen LogP contribution >= 0.6 is 0 Å². The van der Waals surface area contributed by atoms with Crippen molar-refractivity contribution < 1.29 is 18.0 Å². The lowest BCUT2D eigenvalue weighted by molar-refractivity contribution is -0.137. The molecule has 0 saturated carbocycles. The van der Waals surface area contributed by atoms with Gasteiger partial charge in [-0.1, -0.05) is 24.3 Å². The van der Waals surface area contributed by atoms with Crippen LogP contribution < -0.4 is 0 Å². The van der Waals surface area contributed by atoms with Crippen LogP contribution in [-0.2, 0) is 17.4 Å². The fourth-order valence-corrected chi connectivity index (χ4v) is 1.92. The van der Waals surface area contributed by atoms with E-state index in [4.69, 9.17) is 0 Å². The highest BCUT2D eigenvalue weighted by atomic mass is 19.4. The largest absolute Gasteiger partial charge is 0.417 e. The molecule has 0 atom stereocenters. The minimum atomic E-state index is -4.40. The summed E-state index contributed by atoms with van der Waals surface area (Å²) >= 11 is 0. The Kier molecular flexibility index (Phi) is 4.17. The number of halogens is 3. The van der Waals surface area contributed by atoms with Crippen LogP contribution in [0.3, 0.4) is 0 Å². The Morgan fingerprint density at radius 1 is 1.10 bits per heavy atom. The van der Waals surface area contributed by atoms with Crippen LogP contribution in [0.25, 0.3) is 11.1 Å². The lowest BCUT2D eigenvalue weighted by Gasteiger charge is -2.12. The molecule has 0 radical (unpaired) electrons. The number of aldehydes is 1. The lowest BCUT2D eigenvalue weighted by atomic mass is 10.0. The van der Waals surface area contributed by atoms with Crippen molar-refractivity contribution in [1.82, 2.24) is 4.98 Å². The molecule has 2 nitrogen and oxygen atoms in total. The van der Waals surface area contributed by atoms with Crippen LogP contribution in [0, 0.1) is 0 Å². The third kappa shape index (κ3) is 3.23. The molecule has 1 aromatic carbocycles. The Bertz CT molecular complexity index is 591. The molecule has 1 aromatic heterocycles. The number of benzene rings is 1. The molecule has 2 aromatic rings. The first-order valence-electron chi connectivity index (χ1n) is 6.07. The Morgan fingerprint density at radius 2 is 1.85 bits per heavy atom. The highest BCUT2D eigenvalue weighted by Gasteiger charge is 2.33. The van der Waals surface area contributed by atoms with Gasteiger partial charge < -0.3 is 4.79 Å². The molecule has 104 valence electrons. The molecule has 0 aliphatic rings. The highest BCUT2D eigenvalue weighted by molar-refractivity contribution is 5.67. The van der Waals surface area contributed by atoms with Crippen molar-refractivity contribution in [2.75, 3.05) is 0 Å². The maximum absolute atomic E-state index is 12.9. The van der Waals surface area contributed by atoms with Gasteiger partial charge in [0.1, 0.15) is 6.29 Å². The first-order chi connectivity index (χ1) is 9.52. The van der Waals surface area contributed by atoms with Gasteiger partial charge in [-0.05, 0) is 24.1 Å². The number of hydrogen-bond acceptors (Lipinski definition) is 2. The van der Waals surface area contributed by atoms with Gasteiger partial charge in [0, 0.05) is 23.9 Å². The first-order valence-corrected chi connectivity index (χ1v) is 6.07. The van der Waals surface area contributed by atoms with E-state index in [1.807, 2.05) is 0 Å². The van der Waals surface area contributed by atoms with Crippen LogP contribution in [0.15, 0.2) is 42.6 Å². The van der Waals surface area contributed by atoms with E-state index < -0.39 is 11.7 Å². The molecule has 0 bridgehead atoms. The Labute approximate surface area is 114 Å². The Morgan fingerprint density at radius 3 is 2.45 bits per heavy atom. The van der Waals surface area contributed by atoms with Crippen LogP contribution in [0.2, 0.25) is 0 Å². The number of alkyl halides is 3. The van der Waals surface area contributed by atoms with E-state index >= 15 is 0 Å². The minimum Gasteiger partial charge on any atom is -0.303 e. The summed E-state index contributed by atoms with van der Waals surface area (Å²) in [4.78, 5) is 14.4. The molecule has 20 heavy (non-hydrogen) atoms. The van der Waals surface area contributed by atoms with E-state index in [0.717, 1.165) is 12.4 Å². The van der Waals surface area contributed by atoms with Gasteiger partial charge in [0.15, 0.2) is 0 Å². The van der Waals surface area contributed by atoms with Gasteiger partial charge in [-0.25, -0.2) is 0 Å². The van der Waals surface area contributed by atoms with Gasteiger partial charge in [-0.15, -0.1) is 0 Å². The van der Waals surface area contributed by atoms with Crippen molar-refractivity contribution in [3.63, 3.8) is 0 Å². The predicted molar refractivity (Wildman–Crippen MR) is 69.1 cm³/mol. The smallest absolute Gasteiger partial charge is 0.303 e. The summed E-state index contributed by atoms with van der Waals surface area (Å²) in [6.45, 7) is 0. The lowest BCUT2D eigenvalue weighted by Crippen LogP contribution is -2.07. The molecule has 1 heterocycles. The van der Waals surface area contributed by atoms with Crippen LogP contribution in [0.5, 0.6) is 0 Å². The second kappa shape index (κ2) is 5.86. The maximum atomic E-state index is 12.9. The van der Waals surface area contributed by atoms with Gasteiger partial charge in [-0.2, -0.15) is 13.2 Å². The number of aryl methyl sites for hydroxylation is 1. The van der Waals surface area contributed by atoms with Gasteiger partial charge in [0.05, 0.1) is 5.56 Å². The SMILES string of the molecule is O=CCCc1ccc(-c2ccccc2C(F)(F)F)cn1. The number of nitrogens with zero attached hydrogens (tertiary/aromatic N) is 1. The van der Waals surface area contributed by atoms with Crippen molar-refractivity contribution in [3.05, 3.63) is 53.9 Å². The third-order valence-corrected chi connectivity index (χ3v) is 2.89. The first kappa shape index (κ1) is 14.2. The van der Waals surface area contributed by atoms with E-state index in [1.54, 1.807) is 18.2 Å². The van der Waals surface area contributed by atoms with Crippen molar-refractivity contribution in [2.24, 2.45) is 0 Å². The number of rotatable bonds is 4. The van der Waals surface area contributed by atoms with Gasteiger partial charge in [0.25, 0.3) is 0 Å². The standard InChI is InChI=1S/C15H12F3NO/c16-15(17,18)14-6-2-1-5-13(14)11-7-8-12(19-10-11)4-3-9-20/h1-2,5-10H,3-4H2. The molecule has 0 saturated heterocycles. The number of pyridine rings is 1. The number of carbonyl (C=O) groups excluding carboxylic acids is 1. The molecule has 2 rings (SSSR count). The molecule has 0 spiro atoms. The van der Waals surface area contributed by atoms with Crippen LogP contribution in [-0.4, -0.2) is 11.3 Å². The second-order valence-electron chi connectivity index (χ2n) is 4.29. The van der Waals surface area contributed by atoms with Crippen LogP contribution in [0.1, 0.15) is 17.7 Å². The zero-order chi connectivity index (χ0) is 14.6. The quantitative estimate of drug-likeness (QED) is 0.794. The highest BCUT2D eigenvalue weighted by Crippen LogP contribution is 2.36. The molecular weight excluding hydrogens is 267 g/mol. The molecule has 0 unspecified atom stereocenters. The molecule has 0 N–H and O–H groups in total. The van der Waals surface area contributed by atoms with Crippen molar-refractivity contribution >= 4 is 6.29 Å². The topological polar surface area (TPSA) is 30.0 Å². The summed E-state index contributed by atoms with van der Waals surface area (Å²) in [6.07, 6.45) is -1.36. The fourth-order valence-electron chi connectivity index (χ4n) is 1.92.